The Morgan fingerprint density at radius 3 is 2.45 bits per heavy atom. The van der Waals surface area contributed by atoms with Crippen molar-refractivity contribution in [3.8, 4) is 22.8 Å². The summed E-state index contributed by atoms with van der Waals surface area (Å²) in [5, 5.41) is 12.5. The van der Waals surface area contributed by atoms with Crippen molar-refractivity contribution in [3.63, 3.8) is 0 Å². The molecular formula is C24H28N4O2S. The molecule has 3 aromatic rings. The van der Waals surface area contributed by atoms with Gasteiger partial charge in [0.15, 0.2) is 11.0 Å². The van der Waals surface area contributed by atoms with Crippen LogP contribution in [0.3, 0.4) is 0 Å². The summed E-state index contributed by atoms with van der Waals surface area (Å²) in [5.74, 6) is 1.91. The van der Waals surface area contributed by atoms with Gasteiger partial charge in [0.2, 0.25) is 5.91 Å². The van der Waals surface area contributed by atoms with E-state index in [0.29, 0.717) is 17.1 Å². The van der Waals surface area contributed by atoms with Crippen LogP contribution in [-0.2, 0) is 4.79 Å². The second-order valence-electron chi connectivity index (χ2n) is 8.13. The lowest BCUT2D eigenvalue weighted by molar-refractivity contribution is -0.120. The fourth-order valence-electron chi connectivity index (χ4n) is 3.43. The van der Waals surface area contributed by atoms with Gasteiger partial charge >= 0.3 is 0 Å². The second kappa shape index (κ2) is 9.14. The Kier molecular flexibility index (Phi) is 6.32. The number of methoxy groups -OCH3 is 1. The molecule has 1 atom stereocenters. The van der Waals surface area contributed by atoms with Crippen molar-refractivity contribution >= 4 is 17.7 Å². The van der Waals surface area contributed by atoms with Crippen LogP contribution in [-0.4, -0.2) is 39.1 Å². The number of carbonyl (C=O) groups is 1. The molecule has 0 saturated heterocycles. The van der Waals surface area contributed by atoms with E-state index in [1.165, 1.54) is 17.3 Å². The molecule has 1 N–H and O–H groups in total. The van der Waals surface area contributed by atoms with Crippen LogP contribution in [0.25, 0.3) is 17.1 Å². The van der Waals surface area contributed by atoms with Gasteiger partial charge in [-0.15, -0.1) is 10.2 Å². The lowest BCUT2D eigenvalue weighted by Crippen LogP contribution is -2.32. The van der Waals surface area contributed by atoms with Crippen LogP contribution in [0.4, 0.5) is 0 Å². The topological polar surface area (TPSA) is 69.0 Å². The van der Waals surface area contributed by atoms with Crippen LogP contribution in [0.2, 0.25) is 0 Å². The first kappa shape index (κ1) is 21.4. The second-order valence-corrected chi connectivity index (χ2v) is 9.43. The van der Waals surface area contributed by atoms with E-state index in [2.05, 4.69) is 52.1 Å². The molecular weight excluding hydrogens is 408 g/mol. The third kappa shape index (κ3) is 4.77. The fraction of sp³-hybridized carbons (Fsp3) is 0.375. The molecule has 1 fully saturated rings. The van der Waals surface area contributed by atoms with E-state index in [1.807, 2.05) is 37.3 Å². The fourth-order valence-corrected chi connectivity index (χ4v) is 4.30. The Hall–Kier alpha value is -2.80. The van der Waals surface area contributed by atoms with Crippen molar-refractivity contribution in [2.24, 2.45) is 0 Å². The molecule has 7 heteroatoms. The monoisotopic (exact) mass is 436 g/mol. The van der Waals surface area contributed by atoms with E-state index in [9.17, 15) is 4.79 Å². The van der Waals surface area contributed by atoms with E-state index in [4.69, 9.17) is 4.74 Å². The molecule has 1 aromatic heterocycles. The first-order valence-electron chi connectivity index (χ1n) is 10.6. The quantitative estimate of drug-likeness (QED) is 0.513. The molecule has 1 aliphatic carbocycles. The number of rotatable bonds is 8. The SMILES string of the molecule is COc1ccc(-c2nnc(SC(C)C(=O)NC3CC3)n2-c2ccccc2C(C)C)cc1. The van der Waals surface area contributed by atoms with Crippen LogP contribution in [0.15, 0.2) is 53.7 Å². The third-order valence-corrected chi connectivity index (χ3v) is 6.40. The maximum absolute atomic E-state index is 12.6. The number of aromatic nitrogens is 3. The van der Waals surface area contributed by atoms with E-state index < -0.39 is 0 Å². The highest BCUT2D eigenvalue weighted by atomic mass is 32.2. The summed E-state index contributed by atoms with van der Waals surface area (Å²) in [5.41, 5.74) is 3.17. The Balaban J connectivity index is 1.76. The standard InChI is InChI=1S/C24H28N4O2S/c1-15(2)20-7-5-6-8-21(20)28-22(17-9-13-19(30-4)14-10-17)26-27-24(28)31-16(3)23(29)25-18-11-12-18/h5-10,13-16,18H,11-12H2,1-4H3,(H,25,29). The molecule has 2 aromatic carbocycles. The van der Waals surface area contributed by atoms with Gasteiger partial charge in [-0.2, -0.15) is 0 Å². The molecule has 0 spiro atoms. The third-order valence-electron chi connectivity index (χ3n) is 5.36. The Morgan fingerprint density at radius 1 is 1.10 bits per heavy atom. The maximum Gasteiger partial charge on any atom is 0.233 e. The normalized spacial score (nSPS) is 14.5. The lowest BCUT2D eigenvalue weighted by atomic mass is 10.0. The number of benzene rings is 2. The Bertz CT molecular complexity index is 1060. The number of ether oxygens (including phenoxy) is 1. The van der Waals surface area contributed by atoms with Crippen molar-refractivity contribution in [3.05, 3.63) is 54.1 Å². The smallest absolute Gasteiger partial charge is 0.233 e. The first-order chi connectivity index (χ1) is 15.0. The minimum absolute atomic E-state index is 0.0465. The molecule has 1 saturated carbocycles. The number of nitrogens with zero attached hydrogens (tertiary/aromatic N) is 3. The van der Waals surface area contributed by atoms with Gasteiger partial charge in [0.25, 0.3) is 0 Å². The summed E-state index contributed by atoms with van der Waals surface area (Å²) in [4.78, 5) is 12.6. The minimum Gasteiger partial charge on any atom is -0.497 e. The number of para-hydroxylation sites is 1. The first-order valence-corrected chi connectivity index (χ1v) is 11.5. The molecule has 162 valence electrons. The summed E-state index contributed by atoms with van der Waals surface area (Å²) in [6.07, 6.45) is 2.14. The van der Waals surface area contributed by atoms with Gasteiger partial charge in [0.1, 0.15) is 5.75 Å². The van der Waals surface area contributed by atoms with Gasteiger partial charge < -0.3 is 10.1 Å². The molecule has 1 amide bonds. The predicted molar refractivity (Wildman–Crippen MR) is 124 cm³/mol. The number of hydrogen-bond donors (Lipinski definition) is 1. The van der Waals surface area contributed by atoms with Crippen LogP contribution >= 0.6 is 11.8 Å². The summed E-state index contributed by atoms with van der Waals surface area (Å²) >= 11 is 1.44. The highest BCUT2D eigenvalue weighted by molar-refractivity contribution is 8.00. The van der Waals surface area contributed by atoms with Gasteiger partial charge in [-0.1, -0.05) is 43.8 Å². The van der Waals surface area contributed by atoms with Crippen LogP contribution in [0, 0.1) is 0 Å². The molecule has 0 aliphatic heterocycles. The van der Waals surface area contributed by atoms with Gasteiger partial charge in [-0.05, 0) is 61.6 Å². The van der Waals surface area contributed by atoms with E-state index >= 15 is 0 Å². The zero-order valence-corrected chi connectivity index (χ0v) is 19.1. The zero-order chi connectivity index (χ0) is 22.0. The van der Waals surface area contributed by atoms with Crippen LogP contribution in [0.1, 0.15) is 45.1 Å². The van der Waals surface area contributed by atoms with Crippen molar-refractivity contribution in [1.29, 1.82) is 0 Å². The van der Waals surface area contributed by atoms with Crippen LogP contribution in [0.5, 0.6) is 5.75 Å². The number of nitrogens with one attached hydrogen (secondary N) is 1. The molecule has 6 nitrogen and oxygen atoms in total. The molecule has 0 radical (unpaired) electrons. The summed E-state index contributed by atoms with van der Waals surface area (Å²) in [6, 6.07) is 16.4. The number of hydrogen-bond acceptors (Lipinski definition) is 5. The van der Waals surface area contributed by atoms with Crippen molar-refractivity contribution in [2.45, 2.75) is 56.0 Å². The lowest BCUT2D eigenvalue weighted by Gasteiger charge is -2.18. The van der Waals surface area contributed by atoms with Gasteiger partial charge in [0.05, 0.1) is 18.0 Å². The Labute approximate surface area is 187 Å². The van der Waals surface area contributed by atoms with E-state index in [1.54, 1.807) is 7.11 Å². The Morgan fingerprint density at radius 2 is 1.81 bits per heavy atom. The van der Waals surface area contributed by atoms with E-state index in [-0.39, 0.29) is 11.2 Å². The molecule has 4 rings (SSSR count). The van der Waals surface area contributed by atoms with E-state index in [0.717, 1.165) is 35.7 Å². The minimum atomic E-state index is -0.265. The van der Waals surface area contributed by atoms with Crippen molar-refractivity contribution < 1.29 is 9.53 Å². The molecule has 1 unspecified atom stereocenters. The van der Waals surface area contributed by atoms with Crippen molar-refractivity contribution in [2.75, 3.05) is 7.11 Å². The zero-order valence-electron chi connectivity index (χ0n) is 18.3. The van der Waals surface area contributed by atoms with Crippen LogP contribution < -0.4 is 10.1 Å². The van der Waals surface area contributed by atoms with Gasteiger partial charge in [-0.3, -0.25) is 9.36 Å². The summed E-state index contributed by atoms with van der Waals surface area (Å²) in [7, 11) is 1.65. The van der Waals surface area contributed by atoms with Crippen molar-refractivity contribution in [1.82, 2.24) is 20.1 Å². The highest BCUT2D eigenvalue weighted by Gasteiger charge is 2.28. The summed E-state index contributed by atoms with van der Waals surface area (Å²) < 4.78 is 7.37. The molecule has 0 bridgehead atoms. The number of thioether (sulfide) groups is 1. The predicted octanol–water partition coefficient (Wildman–Crippen LogP) is 4.83. The van der Waals surface area contributed by atoms with Gasteiger partial charge in [0, 0.05) is 11.6 Å². The number of amides is 1. The maximum atomic E-state index is 12.6. The summed E-state index contributed by atoms with van der Waals surface area (Å²) in [6.45, 7) is 6.27. The van der Waals surface area contributed by atoms with Gasteiger partial charge in [-0.25, -0.2) is 0 Å². The average molecular weight is 437 g/mol. The average Bonchev–Trinajstić information content (AvgIpc) is 3.50. The molecule has 31 heavy (non-hydrogen) atoms. The molecule has 1 heterocycles. The molecule has 1 aliphatic rings. The largest absolute Gasteiger partial charge is 0.497 e. The highest BCUT2D eigenvalue weighted by Crippen LogP contribution is 2.34. The number of carbonyl (C=O) groups excluding carboxylic acids is 1.